The SMILES string of the molecule is Cc1ccc(S(=O)(=O)N(C2CCC(C(C)(C)N(P(Oc3ccccn3)Oc3ccccn3)S(=O)(=O)c3ccc(C)cc3)CC2)P(Oc2ccccn2)Oc2ccccn2)cc1. The van der Waals surface area contributed by atoms with Gasteiger partial charge in [-0.1, -0.05) is 63.7 Å². The van der Waals surface area contributed by atoms with Gasteiger partial charge in [0.05, 0.1) is 9.79 Å². The summed E-state index contributed by atoms with van der Waals surface area (Å²) in [5, 5.41) is 0. The van der Waals surface area contributed by atoms with Crippen molar-refractivity contribution in [3.05, 3.63) is 157 Å². The minimum Gasteiger partial charge on any atom is -0.408 e. The van der Waals surface area contributed by atoms with Crippen LogP contribution < -0.4 is 18.1 Å². The number of rotatable bonds is 17. The largest absolute Gasteiger partial charge is 0.408 e. The molecule has 1 fully saturated rings. The van der Waals surface area contributed by atoms with Gasteiger partial charge in [-0.3, -0.25) is 0 Å². The van der Waals surface area contributed by atoms with Crippen LogP contribution in [0.1, 0.15) is 50.7 Å². The van der Waals surface area contributed by atoms with E-state index >= 15 is 8.42 Å². The van der Waals surface area contributed by atoms with Crippen LogP contribution >= 0.6 is 17.1 Å². The second kappa shape index (κ2) is 19.3. The van der Waals surface area contributed by atoms with Crippen LogP contribution in [-0.2, 0) is 20.0 Å². The van der Waals surface area contributed by atoms with Crippen LogP contribution in [0.25, 0.3) is 0 Å². The first-order valence-corrected chi connectivity index (χ1v) is 24.7. The molecule has 0 amide bonds. The molecule has 4 aromatic heterocycles. The van der Waals surface area contributed by atoms with Crippen LogP contribution in [0.2, 0.25) is 0 Å². The molecule has 6 aromatic rings. The minimum atomic E-state index is -4.34. The first-order valence-electron chi connectivity index (χ1n) is 19.5. The molecule has 0 atom stereocenters. The molecule has 0 aliphatic heterocycles. The van der Waals surface area contributed by atoms with E-state index in [2.05, 4.69) is 19.9 Å². The fourth-order valence-electron chi connectivity index (χ4n) is 6.93. The monoisotopic (exact) mass is 900 g/mol. The molecular weight excluding hydrogens is 855 g/mol. The van der Waals surface area contributed by atoms with Crippen molar-refractivity contribution in [2.24, 2.45) is 5.92 Å². The number of aromatic nitrogens is 4. The molecule has 61 heavy (non-hydrogen) atoms. The highest BCUT2D eigenvalue weighted by atomic mass is 32.2. The van der Waals surface area contributed by atoms with Crippen molar-refractivity contribution in [3.63, 3.8) is 0 Å². The molecule has 0 N–H and O–H groups in total. The van der Waals surface area contributed by atoms with Crippen LogP contribution in [0, 0.1) is 19.8 Å². The number of aryl methyl sites for hydroxylation is 2. The van der Waals surface area contributed by atoms with Crippen LogP contribution in [-0.4, -0.2) is 56.5 Å². The van der Waals surface area contributed by atoms with Crippen molar-refractivity contribution in [2.75, 3.05) is 0 Å². The second-order valence-corrected chi connectivity index (χ2v) is 21.5. The molecule has 1 aliphatic rings. The lowest BCUT2D eigenvalue weighted by Gasteiger charge is -2.47. The zero-order chi connectivity index (χ0) is 43.0. The van der Waals surface area contributed by atoms with E-state index in [0.29, 0.717) is 25.7 Å². The Balaban J connectivity index is 1.27. The van der Waals surface area contributed by atoms with Crippen LogP contribution in [0.5, 0.6) is 23.5 Å². The van der Waals surface area contributed by atoms with Crippen LogP contribution in [0.3, 0.4) is 0 Å². The first kappa shape index (κ1) is 44.0. The molecule has 0 radical (unpaired) electrons. The molecule has 0 spiro atoms. The van der Waals surface area contributed by atoms with E-state index in [4.69, 9.17) is 18.1 Å². The Labute approximate surface area is 360 Å². The maximum absolute atomic E-state index is 15.1. The Morgan fingerprint density at radius 3 is 1.23 bits per heavy atom. The predicted molar refractivity (Wildman–Crippen MR) is 234 cm³/mol. The number of pyridine rings is 4. The van der Waals surface area contributed by atoms with E-state index in [1.165, 1.54) is 8.15 Å². The molecule has 7 rings (SSSR count). The van der Waals surface area contributed by atoms with Crippen LogP contribution in [0.15, 0.2) is 156 Å². The predicted octanol–water partition coefficient (Wildman–Crippen LogP) is 9.67. The van der Waals surface area contributed by atoms with Gasteiger partial charge in [0.15, 0.2) is 0 Å². The molecule has 4 heterocycles. The number of hydrogen-bond donors (Lipinski definition) is 0. The minimum absolute atomic E-state index is 0.0564. The van der Waals surface area contributed by atoms with Gasteiger partial charge in [0.2, 0.25) is 23.5 Å². The Bertz CT molecular complexity index is 2460. The highest BCUT2D eigenvalue weighted by Crippen LogP contribution is 2.56. The summed E-state index contributed by atoms with van der Waals surface area (Å²) >= 11 is 0. The van der Waals surface area contributed by atoms with Crippen molar-refractivity contribution < 1.29 is 34.9 Å². The van der Waals surface area contributed by atoms with Gasteiger partial charge in [0.1, 0.15) is 0 Å². The maximum atomic E-state index is 15.1. The summed E-state index contributed by atoms with van der Waals surface area (Å²) in [5.41, 5.74) is 0.614. The molecule has 2 aromatic carbocycles. The number of hydrogen-bond acceptors (Lipinski definition) is 12. The zero-order valence-corrected chi connectivity index (χ0v) is 37.4. The van der Waals surface area contributed by atoms with Crippen molar-refractivity contribution >= 4 is 37.1 Å². The number of nitrogens with zero attached hydrogens (tertiary/aromatic N) is 6. The van der Waals surface area contributed by atoms with E-state index in [-0.39, 0.29) is 39.2 Å². The maximum Gasteiger partial charge on any atom is 0.402 e. The summed E-state index contributed by atoms with van der Waals surface area (Å²) in [5.74, 6) is 0.361. The highest BCUT2D eigenvalue weighted by molar-refractivity contribution is 7.94. The average molecular weight is 901 g/mol. The van der Waals surface area contributed by atoms with Crippen LogP contribution in [0.4, 0.5) is 0 Å². The van der Waals surface area contributed by atoms with E-state index < -0.39 is 48.7 Å². The van der Waals surface area contributed by atoms with Gasteiger partial charge < -0.3 is 18.1 Å². The summed E-state index contributed by atoms with van der Waals surface area (Å²) in [7, 11) is -13.5. The zero-order valence-electron chi connectivity index (χ0n) is 34.0. The summed E-state index contributed by atoms with van der Waals surface area (Å²) in [6.07, 6.45) is 7.67. The Morgan fingerprint density at radius 2 is 0.869 bits per heavy atom. The number of benzene rings is 2. The fourth-order valence-corrected chi connectivity index (χ4v) is 14.6. The lowest BCUT2D eigenvalue weighted by molar-refractivity contribution is 0.134. The lowest BCUT2D eigenvalue weighted by atomic mass is 9.76. The summed E-state index contributed by atoms with van der Waals surface area (Å²) in [6.45, 7) is 7.47. The third kappa shape index (κ3) is 10.5. The quantitative estimate of drug-likeness (QED) is 0.0798. The highest BCUT2D eigenvalue weighted by Gasteiger charge is 2.53. The Hall–Kier alpha value is -5.08. The number of sulfonamides is 2. The fraction of sp³-hybridized carbons (Fsp3) is 0.256. The van der Waals surface area contributed by atoms with E-state index in [9.17, 15) is 8.42 Å². The van der Waals surface area contributed by atoms with Crippen molar-refractivity contribution in [3.8, 4) is 23.5 Å². The van der Waals surface area contributed by atoms with Crippen molar-refractivity contribution in [1.82, 2.24) is 28.1 Å². The van der Waals surface area contributed by atoms with Gasteiger partial charge in [-0.15, -0.1) is 4.08 Å². The second-order valence-electron chi connectivity index (χ2n) is 14.8. The Morgan fingerprint density at radius 1 is 0.508 bits per heavy atom. The average Bonchev–Trinajstić information content (AvgIpc) is 3.25. The Kier molecular flexibility index (Phi) is 13.9. The molecule has 318 valence electrons. The molecule has 1 aliphatic carbocycles. The molecular formula is C43H46N6O8P2S2. The molecule has 0 unspecified atom stereocenters. The molecule has 0 saturated heterocycles. The summed E-state index contributed by atoms with van der Waals surface area (Å²) < 4.78 is 88.1. The van der Waals surface area contributed by atoms with Gasteiger partial charge in [0.25, 0.3) is 20.0 Å². The summed E-state index contributed by atoms with van der Waals surface area (Å²) in [4.78, 5) is 17.5. The lowest BCUT2D eigenvalue weighted by Crippen LogP contribution is -2.52. The van der Waals surface area contributed by atoms with Crippen molar-refractivity contribution in [1.29, 1.82) is 0 Å². The molecule has 14 nitrogen and oxygen atoms in total. The van der Waals surface area contributed by atoms with Gasteiger partial charge >= 0.3 is 17.1 Å². The van der Waals surface area contributed by atoms with E-state index in [0.717, 1.165) is 11.1 Å². The van der Waals surface area contributed by atoms with E-state index in [1.54, 1.807) is 146 Å². The van der Waals surface area contributed by atoms with Gasteiger partial charge in [-0.25, -0.2) is 36.8 Å². The van der Waals surface area contributed by atoms with Gasteiger partial charge in [-0.2, -0.15) is 0 Å². The third-order valence-electron chi connectivity index (χ3n) is 10.2. The smallest absolute Gasteiger partial charge is 0.402 e. The topological polar surface area (TPSA) is 163 Å². The van der Waals surface area contributed by atoms with Gasteiger partial charge in [-0.05, 0) is 108 Å². The molecule has 0 bridgehead atoms. The first-order chi connectivity index (χ1) is 29.3. The molecule has 1 saturated carbocycles. The van der Waals surface area contributed by atoms with Crippen molar-refractivity contribution in [2.45, 2.75) is 74.7 Å². The third-order valence-corrected chi connectivity index (χ3v) is 18.5. The van der Waals surface area contributed by atoms with E-state index in [1.807, 2.05) is 27.7 Å². The standard InChI is InChI=1S/C43H46N6O8P2S2/c1-33-17-25-37(26-18-33)60(50,51)48(58(54-39-13-5-9-29-44-39)55-40-14-6-10-30-45-40)36-23-21-35(22-24-36)43(3,4)49(61(52,53)38-27-19-34(2)20-28-38)59(56-41-15-7-11-31-46-41)57-42-16-8-12-32-47-42/h5-20,25-32,35-36H,21-24H2,1-4H3. The normalized spacial score (nSPS) is 16.1. The van der Waals surface area contributed by atoms with Gasteiger partial charge in [0, 0.05) is 60.6 Å². The molecule has 18 heteroatoms. The summed E-state index contributed by atoms with van der Waals surface area (Å²) in [6, 6.07) is 33.0.